The molecule has 0 aliphatic carbocycles. The largest absolute Gasteiger partial charge is 0.364 e. The van der Waals surface area contributed by atoms with Crippen LogP contribution in [0.3, 0.4) is 0 Å². The summed E-state index contributed by atoms with van der Waals surface area (Å²) in [6, 6.07) is 6.05. The van der Waals surface area contributed by atoms with Crippen LogP contribution >= 0.6 is 23.2 Å². The Labute approximate surface area is 125 Å². The van der Waals surface area contributed by atoms with Crippen LogP contribution in [0.15, 0.2) is 42.8 Å². The van der Waals surface area contributed by atoms with E-state index in [0.717, 1.165) is 17.9 Å². The lowest BCUT2D eigenvalue weighted by Gasteiger charge is -2.30. The second kappa shape index (κ2) is 7.46. The Bertz CT molecular complexity index is 467. The van der Waals surface area contributed by atoms with E-state index in [1.165, 1.54) is 0 Å². The van der Waals surface area contributed by atoms with Gasteiger partial charge in [-0.15, -0.1) is 0 Å². The van der Waals surface area contributed by atoms with Gasteiger partial charge in [-0.25, -0.2) is 0 Å². The van der Waals surface area contributed by atoms with Gasteiger partial charge in [0, 0.05) is 17.4 Å². The first-order valence-corrected chi connectivity index (χ1v) is 6.99. The SMILES string of the molecule is C=CN/C(=C\C)CN(c1ccc(Cl)c(Cl)c1)C(C)C. The molecule has 0 unspecified atom stereocenters. The molecule has 1 aromatic carbocycles. The molecule has 2 nitrogen and oxygen atoms in total. The van der Waals surface area contributed by atoms with Crippen LogP contribution in [0.4, 0.5) is 5.69 Å². The Balaban J connectivity index is 3.00. The molecule has 1 N–H and O–H groups in total. The number of hydrogen-bond acceptors (Lipinski definition) is 2. The minimum absolute atomic E-state index is 0.346. The Morgan fingerprint density at radius 1 is 1.37 bits per heavy atom. The number of anilines is 1. The average Bonchev–Trinajstić information content (AvgIpc) is 2.37. The second-order valence-corrected chi connectivity index (χ2v) is 5.30. The standard InChI is InChI=1S/C15H20Cl2N2/c1-5-12(18-6-2)10-19(11(3)4)13-7-8-14(16)15(17)9-13/h5-9,11,18H,2,10H2,1,3-4H3/b12-5-. The van der Waals surface area contributed by atoms with E-state index in [2.05, 4.69) is 30.6 Å². The summed E-state index contributed by atoms with van der Waals surface area (Å²) in [7, 11) is 0. The third-order valence-electron chi connectivity index (χ3n) is 2.83. The first-order chi connectivity index (χ1) is 8.99. The van der Waals surface area contributed by atoms with E-state index in [-0.39, 0.29) is 0 Å². The van der Waals surface area contributed by atoms with E-state index >= 15 is 0 Å². The summed E-state index contributed by atoms with van der Waals surface area (Å²) in [6.45, 7) is 10.7. The number of nitrogens with one attached hydrogen (secondary N) is 1. The summed E-state index contributed by atoms with van der Waals surface area (Å²) in [6.07, 6.45) is 3.72. The summed E-state index contributed by atoms with van der Waals surface area (Å²) in [5.74, 6) is 0. The van der Waals surface area contributed by atoms with E-state index in [9.17, 15) is 0 Å². The van der Waals surface area contributed by atoms with Gasteiger partial charge >= 0.3 is 0 Å². The van der Waals surface area contributed by atoms with E-state index in [1.54, 1.807) is 6.20 Å². The first kappa shape index (κ1) is 15.9. The van der Waals surface area contributed by atoms with Gasteiger partial charge in [0.25, 0.3) is 0 Å². The quantitative estimate of drug-likeness (QED) is 0.808. The summed E-state index contributed by atoms with van der Waals surface area (Å²) in [4.78, 5) is 2.24. The van der Waals surface area contributed by atoms with Crippen LogP contribution in [-0.2, 0) is 0 Å². The zero-order valence-corrected chi connectivity index (χ0v) is 13.1. The lowest BCUT2D eigenvalue weighted by molar-refractivity contribution is 0.699. The van der Waals surface area contributed by atoms with Crippen LogP contribution < -0.4 is 10.2 Å². The zero-order chi connectivity index (χ0) is 14.4. The van der Waals surface area contributed by atoms with Crippen molar-refractivity contribution >= 4 is 28.9 Å². The molecule has 0 saturated carbocycles. The van der Waals surface area contributed by atoms with Gasteiger partial charge in [-0.2, -0.15) is 0 Å². The summed E-state index contributed by atoms with van der Waals surface area (Å²) in [5.41, 5.74) is 2.14. The minimum atomic E-state index is 0.346. The third-order valence-corrected chi connectivity index (χ3v) is 3.57. The second-order valence-electron chi connectivity index (χ2n) is 4.48. The van der Waals surface area contributed by atoms with Crippen molar-refractivity contribution in [3.8, 4) is 0 Å². The van der Waals surface area contributed by atoms with Gasteiger partial charge in [0.2, 0.25) is 0 Å². The molecule has 0 fully saturated rings. The molecule has 0 aliphatic heterocycles. The van der Waals surface area contributed by atoms with E-state index in [1.807, 2.05) is 31.2 Å². The van der Waals surface area contributed by atoms with Crippen molar-refractivity contribution in [1.29, 1.82) is 0 Å². The van der Waals surface area contributed by atoms with Crippen molar-refractivity contribution in [2.75, 3.05) is 11.4 Å². The van der Waals surface area contributed by atoms with Crippen molar-refractivity contribution in [3.63, 3.8) is 0 Å². The summed E-state index contributed by atoms with van der Waals surface area (Å²) in [5, 5.41) is 4.28. The monoisotopic (exact) mass is 298 g/mol. The maximum absolute atomic E-state index is 6.09. The molecule has 0 saturated heterocycles. The number of halogens is 2. The molecular formula is C15H20Cl2N2. The molecule has 0 bridgehead atoms. The average molecular weight is 299 g/mol. The normalized spacial score (nSPS) is 11.6. The molecule has 4 heteroatoms. The summed E-state index contributed by atoms with van der Waals surface area (Å²) >= 11 is 12.0. The van der Waals surface area contributed by atoms with Gasteiger partial charge < -0.3 is 10.2 Å². The maximum atomic E-state index is 6.09. The van der Waals surface area contributed by atoms with Gasteiger partial charge in [0.15, 0.2) is 0 Å². The molecule has 0 radical (unpaired) electrons. The highest BCUT2D eigenvalue weighted by molar-refractivity contribution is 6.42. The van der Waals surface area contributed by atoms with Gasteiger partial charge in [0.05, 0.1) is 16.6 Å². The number of benzene rings is 1. The van der Waals surface area contributed by atoms with Crippen molar-refractivity contribution in [2.45, 2.75) is 26.8 Å². The van der Waals surface area contributed by atoms with E-state index in [0.29, 0.717) is 16.1 Å². The zero-order valence-electron chi connectivity index (χ0n) is 11.6. The number of hydrogen-bond donors (Lipinski definition) is 1. The molecule has 0 atom stereocenters. The van der Waals surface area contributed by atoms with Crippen molar-refractivity contribution in [2.24, 2.45) is 0 Å². The molecule has 0 amide bonds. The molecule has 1 rings (SSSR count). The molecule has 1 aromatic rings. The number of rotatable bonds is 6. The van der Waals surface area contributed by atoms with Crippen molar-refractivity contribution < 1.29 is 0 Å². The van der Waals surface area contributed by atoms with E-state index in [4.69, 9.17) is 23.2 Å². The highest BCUT2D eigenvalue weighted by atomic mass is 35.5. The van der Waals surface area contributed by atoms with Crippen LogP contribution in [0.2, 0.25) is 10.0 Å². The van der Waals surface area contributed by atoms with Crippen LogP contribution in [0.25, 0.3) is 0 Å². The van der Waals surface area contributed by atoms with Crippen LogP contribution in [0.1, 0.15) is 20.8 Å². The Hall–Kier alpha value is -1.12. The highest BCUT2D eigenvalue weighted by Gasteiger charge is 2.13. The van der Waals surface area contributed by atoms with Gasteiger partial charge in [-0.3, -0.25) is 0 Å². The van der Waals surface area contributed by atoms with Crippen molar-refractivity contribution in [1.82, 2.24) is 5.32 Å². The molecule has 0 heterocycles. The molecule has 0 aromatic heterocycles. The van der Waals surface area contributed by atoms with Crippen LogP contribution in [0.5, 0.6) is 0 Å². The van der Waals surface area contributed by atoms with E-state index < -0.39 is 0 Å². The number of allylic oxidation sites excluding steroid dienone is 1. The lowest BCUT2D eigenvalue weighted by Crippen LogP contribution is -2.34. The predicted molar refractivity (Wildman–Crippen MR) is 86.0 cm³/mol. The smallest absolute Gasteiger partial charge is 0.0612 e. The fraction of sp³-hybridized carbons (Fsp3) is 0.333. The first-order valence-electron chi connectivity index (χ1n) is 6.24. The summed E-state index contributed by atoms with van der Waals surface area (Å²) < 4.78 is 0. The topological polar surface area (TPSA) is 15.3 Å². The van der Waals surface area contributed by atoms with Crippen LogP contribution in [-0.4, -0.2) is 12.6 Å². The predicted octanol–water partition coefficient (Wildman–Crippen LogP) is 4.85. The number of nitrogens with zero attached hydrogens (tertiary/aromatic N) is 1. The molecule has 104 valence electrons. The van der Waals surface area contributed by atoms with Gasteiger partial charge in [0.1, 0.15) is 0 Å². The van der Waals surface area contributed by atoms with Crippen LogP contribution in [0, 0.1) is 0 Å². The Kier molecular flexibility index (Phi) is 6.26. The molecule has 19 heavy (non-hydrogen) atoms. The molecular weight excluding hydrogens is 279 g/mol. The van der Waals surface area contributed by atoms with Gasteiger partial charge in [-0.1, -0.05) is 35.9 Å². The Morgan fingerprint density at radius 3 is 2.53 bits per heavy atom. The molecule has 0 aliphatic rings. The Morgan fingerprint density at radius 2 is 2.05 bits per heavy atom. The highest BCUT2D eigenvalue weighted by Crippen LogP contribution is 2.28. The maximum Gasteiger partial charge on any atom is 0.0612 e. The van der Waals surface area contributed by atoms with Crippen molar-refractivity contribution in [3.05, 3.63) is 52.8 Å². The minimum Gasteiger partial charge on any atom is -0.364 e. The fourth-order valence-corrected chi connectivity index (χ4v) is 2.06. The lowest BCUT2D eigenvalue weighted by atomic mass is 10.2. The van der Waals surface area contributed by atoms with Gasteiger partial charge in [-0.05, 0) is 45.2 Å². The molecule has 0 spiro atoms. The fourth-order valence-electron chi connectivity index (χ4n) is 1.77. The third kappa shape index (κ3) is 4.48.